The third kappa shape index (κ3) is 6.95. The lowest BCUT2D eigenvalue weighted by molar-refractivity contribution is -0.139. The number of rotatable bonds is 11. The van der Waals surface area contributed by atoms with Crippen LogP contribution in [0.3, 0.4) is 0 Å². The van der Waals surface area contributed by atoms with E-state index in [-0.39, 0.29) is 5.82 Å². The van der Waals surface area contributed by atoms with Crippen molar-refractivity contribution in [3.63, 3.8) is 0 Å². The van der Waals surface area contributed by atoms with Gasteiger partial charge in [-0.15, -0.1) is 0 Å². The first kappa shape index (κ1) is 26.8. The molecule has 4 aromatic rings. The molecular weight excluding hydrogens is 503 g/mol. The van der Waals surface area contributed by atoms with Gasteiger partial charge in [0.05, 0.1) is 6.33 Å². The van der Waals surface area contributed by atoms with Gasteiger partial charge in [0.2, 0.25) is 0 Å². The summed E-state index contributed by atoms with van der Waals surface area (Å²) in [6, 6.07) is 14.3. The molecule has 0 unspecified atom stereocenters. The highest BCUT2D eigenvalue weighted by Gasteiger charge is 2.22. The highest BCUT2D eigenvalue weighted by molar-refractivity contribution is 7.98. The number of hydrogen-bond donors (Lipinski definition) is 2. The Hall–Kier alpha value is -4.24. The number of thioether (sulfide) groups is 1. The minimum atomic E-state index is -1.07. The molecule has 0 aliphatic heterocycles. The molecule has 2 heterocycles. The molecule has 0 spiro atoms. The maximum absolute atomic E-state index is 13.6. The van der Waals surface area contributed by atoms with Gasteiger partial charge in [-0.25, -0.2) is 14.2 Å². The second-order valence-electron chi connectivity index (χ2n) is 8.60. The fraction of sp³-hybridized carbons (Fsp3) is 0.172. The Morgan fingerprint density at radius 2 is 1.95 bits per heavy atom. The van der Waals surface area contributed by atoms with Crippen LogP contribution in [0.2, 0.25) is 0 Å². The number of imidazole rings is 1. The van der Waals surface area contributed by atoms with Gasteiger partial charge >= 0.3 is 5.97 Å². The number of aromatic nitrogens is 3. The smallest absolute Gasteiger partial charge is 0.326 e. The van der Waals surface area contributed by atoms with Crippen molar-refractivity contribution in [1.82, 2.24) is 19.9 Å². The van der Waals surface area contributed by atoms with Crippen molar-refractivity contribution in [2.24, 2.45) is 0 Å². The van der Waals surface area contributed by atoms with E-state index in [9.17, 15) is 19.1 Å². The minimum Gasteiger partial charge on any atom is -0.480 e. The first-order valence-electron chi connectivity index (χ1n) is 11.9. The Balaban J connectivity index is 1.74. The van der Waals surface area contributed by atoms with E-state index in [1.807, 2.05) is 41.3 Å². The number of nitrogens with zero attached hydrogens (tertiary/aromatic N) is 3. The first-order chi connectivity index (χ1) is 18.4. The predicted molar refractivity (Wildman–Crippen MR) is 148 cm³/mol. The molecule has 2 N–H and O–H groups in total. The molecule has 4 rings (SSSR count). The number of hydrogen-bond acceptors (Lipinski definition) is 5. The molecule has 0 aliphatic carbocycles. The lowest BCUT2D eigenvalue weighted by Gasteiger charge is -2.17. The van der Waals surface area contributed by atoms with Gasteiger partial charge < -0.3 is 15.0 Å². The van der Waals surface area contributed by atoms with Crippen molar-refractivity contribution in [1.29, 1.82) is 0 Å². The van der Waals surface area contributed by atoms with E-state index in [4.69, 9.17) is 0 Å². The highest BCUT2D eigenvalue weighted by atomic mass is 32.2. The van der Waals surface area contributed by atoms with Gasteiger partial charge in [0, 0.05) is 42.5 Å². The van der Waals surface area contributed by atoms with E-state index < -0.39 is 17.9 Å². The SMILES string of the molecule is CSCC[C@H](NC(=O)c1ccc(/C=C(\Cn2ccnc2)c2ccc(F)cc2)cc1-c1cccnc1)C(=O)O. The number of carbonyl (C=O) groups is 2. The van der Waals surface area contributed by atoms with Crippen LogP contribution < -0.4 is 5.32 Å². The van der Waals surface area contributed by atoms with Crippen LogP contribution >= 0.6 is 11.8 Å². The molecule has 38 heavy (non-hydrogen) atoms. The summed E-state index contributed by atoms with van der Waals surface area (Å²) in [6.45, 7) is 0.506. The zero-order valence-corrected chi connectivity index (χ0v) is 21.6. The second-order valence-corrected chi connectivity index (χ2v) is 9.59. The Bertz CT molecular complexity index is 1410. The number of allylic oxidation sites excluding steroid dienone is 1. The van der Waals surface area contributed by atoms with Gasteiger partial charge in [0.1, 0.15) is 11.9 Å². The van der Waals surface area contributed by atoms with Crippen LogP contribution in [0.15, 0.2) is 85.7 Å². The minimum absolute atomic E-state index is 0.317. The van der Waals surface area contributed by atoms with Gasteiger partial charge in [0.25, 0.3) is 5.91 Å². The molecule has 0 saturated carbocycles. The van der Waals surface area contributed by atoms with E-state index in [0.29, 0.717) is 29.8 Å². The Morgan fingerprint density at radius 1 is 1.13 bits per heavy atom. The number of carbonyl (C=O) groups excluding carboxylic acids is 1. The summed E-state index contributed by atoms with van der Waals surface area (Å²) < 4.78 is 15.5. The zero-order valence-electron chi connectivity index (χ0n) is 20.8. The number of pyridine rings is 1. The van der Waals surface area contributed by atoms with Crippen molar-refractivity contribution in [3.05, 3.63) is 108 Å². The summed E-state index contributed by atoms with van der Waals surface area (Å²) in [5.41, 5.74) is 4.28. The Kier molecular flexibility index (Phi) is 9.05. The lowest BCUT2D eigenvalue weighted by Crippen LogP contribution is -2.41. The van der Waals surface area contributed by atoms with Crippen LogP contribution in [0.5, 0.6) is 0 Å². The van der Waals surface area contributed by atoms with Crippen molar-refractivity contribution < 1.29 is 19.1 Å². The molecule has 1 atom stereocenters. The summed E-state index contributed by atoms with van der Waals surface area (Å²) in [4.78, 5) is 33.3. The molecular formula is C29H27FN4O3S. The molecule has 194 valence electrons. The van der Waals surface area contributed by atoms with Gasteiger partial charge in [-0.2, -0.15) is 11.8 Å². The quantitative estimate of drug-likeness (QED) is 0.257. The van der Waals surface area contributed by atoms with Crippen LogP contribution in [-0.4, -0.2) is 49.6 Å². The lowest BCUT2D eigenvalue weighted by atomic mass is 9.95. The predicted octanol–water partition coefficient (Wildman–Crippen LogP) is 5.26. The zero-order chi connectivity index (χ0) is 26.9. The van der Waals surface area contributed by atoms with Crippen LogP contribution in [0, 0.1) is 5.82 Å². The van der Waals surface area contributed by atoms with E-state index in [1.165, 1.54) is 23.9 Å². The van der Waals surface area contributed by atoms with E-state index >= 15 is 0 Å². The monoisotopic (exact) mass is 530 g/mol. The fourth-order valence-corrected chi connectivity index (χ4v) is 4.47. The molecule has 0 fully saturated rings. The molecule has 2 aromatic heterocycles. The number of carboxylic acids is 1. The number of nitrogens with one attached hydrogen (secondary N) is 1. The van der Waals surface area contributed by atoms with Crippen molar-refractivity contribution in [3.8, 4) is 11.1 Å². The summed E-state index contributed by atoms with van der Waals surface area (Å²) in [7, 11) is 0. The highest BCUT2D eigenvalue weighted by Crippen LogP contribution is 2.28. The summed E-state index contributed by atoms with van der Waals surface area (Å²) in [5, 5.41) is 12.2. The standard InChI is InChI=1S/C29H27FN4O3S/c1-38-14-10-27(29(36)37)33-28(35)25-9-4-20(16-26(25)22-3-2-11-31-17-22)15-23(18-34-13-12-32-19-34)21-5-7-24(30)8-6-21/h2-9,11-13,15-17,19,27H,10,14,18H2,1H3,(H,33,35)(H,36,37)/b23-15+/t27-/m0/s1. The molecule has 1 amide bonds. The average Bonchev–Trinajstić information content (AvgIpc) is 3.44. The number of benzene rings is 2. The Labute approximate surface area is 224 Å². The van der Waals surface area contributed by atoms with Gasteiger partial charge in [-0.1, -0.05) is 24.3 Å². The van der Waals surface area contributed by atoms with Crippen LogP contribution in [0.4, 0.5) is 4.39 Å². The van der Waals surface area contributed by atoms with Crippen molar-refractivity contribution >= 4 is 35.3 Å². The maximum atomic E-state index is 13.6. The van der Waals surface area contributed by atoms with Crippen molar-refractivity contribution in [2.45, 2.75) is 19.0 Å². The molecule has 0 saturated heterocycles. The molecule has 7 nitrogen and oxygen atoms in total. The maximum Gasteiger partial charge on any atom is 0.326 e. The first-order valence-corrected chi connectivity index (χ1v) is 13.3. The van der Waals surface area contributed by atoms with E-state index in [1.54, 1.807) is 49.2 Å². The summed E-state index contributed by atoms with van der Waals surface area (Å²) in [6.07, 6.45) is 12.7. The fourth-order valence-electron chi connectivity index (χ4n) is 4.00. The van der Waals surface area contributed by atoms with Gasteiger partial charge in [0.15, 0.2) is 0 Å². The molecule has 0 radical (unpaired) electrons. The summed E-state index contributed by atoms with van der Waals surface area (Å²) >= 11 is 1.52. The van der Waals surface area contributed by atoms with Crippen LogP contribution in [0.1, 0.15) is 27.9 Å². The third-order valence-corrected chi connectivity index (χ3v) is 6.59. The average molecular weight is 531 g/mol. The largest absolute Gasteiger partial charge is 0.480 e. The normalized spacial score (nSPS) is 12.2. The number of amides is 1. The molecule has 0 bridgehead atoms. The van der Waals surface area contributed by atoms with Crippen LogP contribution in [0.25, 0.3) is 22.8 Å². The number of carboxylic acid groups (broad SMARTS) is 1. The van der Waals surface area contributed by atoms with Gasteiger partial charge in [-0.3, -0.25) is 9.78 Å². The van der Waals surface area contributed by atoms with E-state index in [2.05, 4.69) is 15.3 Å². The molecule has 2 aromatic carbocycles. The second kappa shape index (κ2) is 12.8. The molecule has 0 aliphatic rings. The number of halogens is 1. The Morgan fingerprint density at radius 3 is 2.61 bits per heavy atom. The van der Waals surface area contributed by atoms with Crippen molar-refractivity contribution in [2.75, 3.05) is 12.0 Å². The third-order valence-electron chi connectivity index (χ3n) is 5.94. The summed E-state index contributed by atoms with van der Waals surface area (Å²) in [5.74, 6) is -1.25. The van der Waals surface area contributed by atoms with E-state index in [0.717, 1.165) is 22.3 Å². The number of aliphatic carboxylic acids is 1. The van der Waals surface area contributed by atoms with Crippen LogP contribution in [-0.2, 0) is 11.3 Å². The molecule has 9 heteroatoms. The van der Waals surface area contributed by atoms with Gasteiger partial charge in [-0.05, 0) is 77.1 Å². The topological polar surface area (TPSA) is 97.1 Å².